The highest BCUT2D eigenvalue weighted by molar-refractivity contribution is 14.1. The van der Waals surface area contributed by atoms with E-state index in [1.165, 1.54) is 0 Å². The van der Waals surface area contributed by atoms with Gasteiger partial charge in [0.25, 0.3) is 0 Å². The number of carbonyl (C=O) groups is 1. The summed E-state index contributed by atoms with van der Waals surface area (Å²) in [7, 11) is 0. The number of benzene rings is 2. The molecule has 0 unspecified atom stereocenters. The summed E-state index contributed by atoms with van der Waals surface area (Å²) >= 11 is 5.61. The van der Waals surface area contributed by atoms with Gasteiger partial charge in [-0.05, 0) is 72.0 Å². The van der Waals surface area contributed by atoms with E-state index in [-0.39, 0.29) is 5.78 Å². The Morgan fingerprint density at radius 2 is 1.89 bits per heavy atom. The summed E-state index contributed by atoms with van der Waals surface area (Å²) in [6, 6.07) is 13.0. The van der Waals surface area contributed by atoms with Gasteiger partial charge in [0.2, 0.25) is 0 Å². The van der Waals surface area contributed by atoms with Crippen molar-refractivity contribution in [3.05, 3.63) is 61.6 Å². The summed E-state index contributed by atoms with van der Waals surface area (Å²) < 4.78 is 7.49. The number of ketones is 1. The van der Waals surface area contributed by atoms with Crippen LogP contribution in [0.3, 0.4) is 0 Å². The Morgan fingerprint density at radius 3 is 2.53 bits per heavy atom. The molecule has 2 nitrogen and oxygen atoms in total. The van der Waals surface area contributed by atoms with Crippen molar-refractivity contribution in [1.29, 1.82) is 0 Å². The molecular formula is C15H12BrIO2. The van der Waals surface area contributed by atoms with Crippen LogP contribution in [-0.2, 0) is 0 Å². The quantitative estimate of drug-likeness (QED) is 0.519. The van der Waals surface area contributed by atoms with Crippen LogP contribution in [0.15, 0.2) is 46.9 Å². The first kappa shape index (κ1) is 14.5. The molecule has 0 N–H and O–H groups in total. The van der Waals surface area contributed by atoms with E-state index < -0.39 is 0 Å². The van der Waals surface area contributed by atoms with E-state index in [1.54, 1.807) is 6.07 Å². The lowest BCUT2D eigenvalue weighted by Gasteiger charge is -2.10. The van der Waals surface area contributed by atoms with E-state index in [9.17, 15) is 4.79 Å². The third-order valence-electron chi connectivity index (χ3n) is 2.59. The number of carbonyl (C=O) groups excluding carboxylic acids is 1. The molecule has 2 rings (SSSR count). The SMILES string of the molecule is CCOc1ccc(Br)cc1C(=O)c1ccc(I)cc1. The van der Waals surface area contributed by atoms with Gasteiger partial charge in [0.05, 0.1) is 12.2 Å². The van der Waals surface area contributed by atoms with Crippen LogP contribution >= 0.6 is 38.5 Å². The van der Waals surface area contributed by atoms with E-state index in [1.807, 2.05) is 43.3 Å². The smallest absolute Gasteiger partial charge is 0.196 e. The molecule has 0 aromatic heterocycles. The average molecular weight is 431 g/mol. The monoisotopic (exact) mass is 430 g/mol. The Labute approximate surface area is 134 Å². The van der Waals surface area contributed by atoms with Gasteiger partial charge in [0, 0.05) is 13.6 Å². The topological polar surface area (TPSA) is 26.3 Å². The van der Waals surface area contributed by atoms with Crippen LogP contribution in [0.1, 0.15) is 22.8 Å². The zero-order valence-corrected chi connectivity index (χ0v) is 14.1. The molecule has 0 fully saturated rings. The standard InChI is InChI=1S/C15H12BrIO2/c1-2-19-14-8-5-11(16)9-13(14)15(18)10-3-6-12(17)7-4-10/h3-9H,2H2,1H3. The van der Waals surface area contributed by atoms with Crippen molar-refractivity contribution in [2.45, 2.75) is 6.92 Å². The molecule has 2 aromatic rings. The number of halogens is 2. The van der Waals surface area contributed by atoms with Crippen molar-refractivity contribution in [2.75, 3.05) is 6.61 Å². The van der Waals surface area contributed by atoms with Crippen molar-refractivity contribution < 1.29 is 9.53 Å². The minimum atomic E-state index is -0.0267. The van der Waals surface area contributed by atoms with Gasteiger partial charge in [-0.1, -0.05) is 15.9 Å². The first-order chi connectivity index (χ1) is 9.11. The van der Waals surface area contributed by atoms with Gasteiger partial charge in [-0.25, -0.2) is 0 Å². The highest BCUT2D eigenvalue weighted by atomic mass is 127. The van der Waals surface area contributed by atoms with Gasteiger partial charge < -0.3 is 4.74 Å². The highest BCUT2D eigenvalue weighted by Crippen LogP contribution is 2.26. The van der Waals surface area contributed by atoms with Gasteiger partial charge >= 0.3 is 0 Å². The molecule has 0 radical (unpaired) electrons. The number of ether oxygens (including phenoxy) is 1. The van der Waals surface area contributed by atoms with Crippen LogP contribution in [0.2, 0.25) is 0 Å². The number of hydrogen-bond donors (Lipinski definition) is 0. The fourth-order valence-electron chi connectivity index (χ4n) is 1.72. The number of hydrogen-bond acceptors (Lipinski definition) is 2. The Morgan fingerprint density at radius 1 is 1.21 bits per heavy atom. The zero-order chi connectivity index (χ0) is 13.8. The van der Waals surface area contributed by atoms with E-state index in [4.69, 9.17) is 4.74 Å². The van der Waals surface area contributed by atoms with E-state index in [0.717, 1.165) is 8.04 Å². The third kappa shape index (κ3) is 3.57. The second kappa shape index (κ2) is 6.52. The predicted molar refractivity (Wildman–Crippen MR) is 87.9 cm³/mol. The molecule has 0 aliphatic heterocycles. The lowest BCUT2D eigenvalue weighted by atomic mass is 10.0. The van der Waals surface area contributed by atoms with Gasteiger partial charge in [-0.2, -0.15) is 0 Å². The van der Waals surface area contributed by atoms with Crippen molar-refractivity contribution in [2.24, 2.45) is 0 Å². The molecule has 0 saturated heterocycles. The van der Waals surface area contributed by atoms with Crippen LogP contribution < -0.4 is 4.74 Å². The molecule has 0 saturated carbocycles. The second-order valence-electron chi connectivity index (χ2n) is 3.91. The van der Waals surface area contributed by atoms with E-state index >= 15 is 0 Å². The highest BCUT2D eigenvalue weighted by Gasteiger charge is 2.15. The van der Waals surface area contributed by atoms with Crippen molar-refractivity contribution in [3.8, 4) is 5.75 Å². The molecule has 98 valence electrons. The zero-order valence-electron chi connectivity index (χ0n) is 10.3. The van der Waals surface area contributed by atoms with Gasteiger partial charge in [0.15, 0.2) is 5.78 Å². The molecule has 2 aromatic carbocycles. The van der Waals surface area contributed by atoms with Crippen LogP contribution in [0.25, 0.3) is 0 Å². The Kier molecular flexibility index (Phi) is 4.99. The molecular weight excluding hydrogens is 419 g/mol. The predicted octanol–water partition coefficient (Wildman–Crippen LogP) is 4.68. The summed E-state index contributed by atoms with van der Waals surface area (Å²) in [6.07, 6.45) is 0. The van der Waals surface area contributed by atoms with Crippen LogP contribution in [0, 0.1) is 3.57 Å². The molecule has 4 heteroatoms. The van der Waals surface area contributed by atoms with Gasteiger partial charge in [0.1, 0.15) is 5.75 Å². The van der Waals surface area contributed by atoms with Crippen molar-refractivity contribution in [1.82, 2.24) is 0 Å². The molecule has 0 spiro atoms. The molecule has 0 aliphatic carbocycles. The third-order valence-corrected chi connectivity index (χ3v) is 3.80. The average Bonchev–Trinajstić information content (AvgIpc) is 2.41. The van der Waals surface area contributed by atoms with E-state index in [2.05, 4.69) is 38.5 Å². The van der Waals surface area contributed by atoms with Gasteiger partial charge in [-0.3, -0.25) is 4.79 Å². The first-order valence-corrected chi connectivity index (χ1v) is 7.71. The summed E-state index contributed by atoms with van der Waals surface area (Å²) in [5.74, 6) is 0.593. The maximum Gasteiger partial charge on any atom is 0.196 e. The summed E-state index contributed by atoms with van der Waals surface area (Å²) in [5, 5.41) is 0. The number of rotatable bonds is 4. The lowest BCUT2D eigenvalue weighted by Crippen LogP contribution is -2.05. The fraction of sp³-hybridized carbons (Fsp3) is 0.133. The van der Waals surface area contributed by atoms with Crippen LogP contribution in [0.5, 0.6) is 5.75 Å². The Bertz CT molecular complexity index is 594. The summed E-state index contributed by atoms with van der Waals surface area (Å²) in [4.78, 5) is 12.5. The Hall–Kier alpha value is -0.880. The Balaban J connectivity index is 2.42. The molecule has 19 heavy (non-hydrogen) atoms. The molecule has 0 atom stereocenters. The molecule has 0 bridgehead atoms. The second-order valence-corrected chi connectivity index (χ2v) is 6.07. The summed E-state index contributed by atoms with van der Waals surface area (Å²) in [5.41, 5.74) is 1.25. The molecule has 0 aliphatic rings. The van der Waals surface area contributed by atoms with E-state index in [0.29, 0.717) is 23.5 Å². The van der Waals surface area contributed by atoms with Gasteiger partial charge in [-0.15, -0.1) is 0 Å². The van der Waals surface area contributed by atoms with Crippen molar-refractivity contribution >= 4 is 44.3 Å². The molecule has 0 heterocycles. The minimum Gasteiger partial charge on any atom is -0.493 e. The van der Waals surface area contributed by atoms with Crippen LogP contribution in [-0.4, -0.2) is 12.4 Å². The first-order valence-electron chi connectivity index (χ1n) is 5.84. The fourth-order valence-corrected chi connectivity index (χ4v) is 2.44. The normalized spacial score (nSPS) is 10.3. The van der Waals surface area contributed by atoms with Crippen LogP contribution in [0.4, 0.5) is 0 Å². The largest absolute Gasteiger partial charge is 0.493 e. The minimum absolute atomic E-state index is 0.0267. The van der Waals surface area contributed by atoms with Crippen molar-refractivity contribution in [3.63, 3.8) is 0 Å². The summed E-state index contributed by atoms with van der Waals surface area (Å²) in [6.45, 7) is 2.44. The lowest BCUT2D eigenvalue weighted by molar-refractivity contribution is 0.103. The maximum absolute atomic E-state index is 12.5. The maximum atomic E-state index is 12.5. The molecule has 0 amide bonds.